The minimum Gasteiger partial charge on any atom is -0.366 e. The molecule has 100 valence electrons. The van der Waals surface area contributed by atoms with E-state index >= 15 is 0 Å². The second-order valence-corrected chi connectivity index (χ2v) is 5.07. The summed E-state index contributed by atoms with van der Waals surface area (Å²) in [7, 11) is 0. The molecule has 0 radical (unpaired) electrons. The summed E-state index contributed by atoms with van der Waals surface area (Å²) in [4.78, 5) is 14.3. The molecule has 0 spiro atoms. The maximum absolute atomic E-state index is 10.8. The molecule has 7 heteroatoms. The lowest BCUT2D eigenvalue weighted by Crippen LogP contribution is -2.15. The highest BCUT2D eigenvalue weighted by Gasteiger charge is 2.40. The molecule has 7 nitrogen and oxygen atoms in total. The Morgan fingerprint density at radius 3 is 2.95 bits per heavy atom. The fourth-order valence-electron chi connectivity index (χ4n) is 2.19. The summed E-state index contributed by atoms with van der Waals surface area (Å²) in [5, 5.41) is 18.3. The Balaban J connectivity index is 1.84. The minimum atomic E-state index is -0.481. The predicted octanol–water partition coefficient (Wildman–Crippen LogP) is 2.24. The molecule has 0 saturated heterocycles. The van der Waals surface area contributed by atoms with Gasteiger partial charge in [0.2, 0.25) is 5.65 Å². The molecule has 1 saturated carbocycles. The van der Waals surface area contributed by atoms with Gasteiger partial charge in [-0.3, -0.25) is 0 Å². The van der Waals surface area contributed by atoms with E-state index in [0.29, 0.717) is 16.9 Å². The van der Waals surface area contributed by atoms with Crippen molar-refractivity contribution in [3.05, 3.63) is 28.4 Å². The smallest absolute Gasteiger partial charge is 0.366 e. The van der Waals surface area contributed by atoms with Gasteiger partial charge in [-0.25, -0.2) is 4.98 Å². The lowest BCUT2D eigenvalue weighted by molar-refractivity contribution is -0.391. The number of hydrogen-bond acceptors (Lipinski definition) is 5. The summed E-state index contributed by atoms with van der Waals surface area (Å²) in [6, 6.07) is 3.53. The molecule has 1 fully saturated rings. The largest absolute Gasteiger partial charge is 0.368 e. The number of nitrogens with one attached hydrogen (secondary N) is 1. The maximum atomic E-state index is 10.8. The average molecular weight is 261 g/mol. The van der Waals surface area contributed by atoms with Gasteiger partial charge in [-0.1, -0.05) is 16.5 Å². The zero-order chi connectivity index (χ0) is 13.5. The van der Waals surface area contributed by atoms with Crippen LogP contribution in [0.3, 0.4) is 0 Å². The van der Waals surface area contributed by atoms with Gasteiger partial charge in [0, 0.05) is 12.6 Å². The molecule has 0 aromatic carbocycles. The van der Waals surface area contributed by atoms with Gasteiger partial charge in [-0.15, -0.1) is 0 Å². The molecule has 0 amide bonds. The molecular formula is C12H15N5O2. The van der Waals surface area contributed by atoms with Crippen LogP contribution in [0, 0.1) is 15.5 Å². The first-order valence-corrected chi connectivity index (χ1v) is 6.37. The zero-order valence-corrected chi connectivity index (χ0v) is 10.7. The number of rotatable bonds is 5. The van der Waals surface area contributed by atoms with Crippen LogP contribution < -0.4 is 5.32 Å². The molecule has 0 atom stereocenters. The lowest BCUT2D eigenvalue weighted by Gasteiger charge is -2.12. The fourth-order valence-corrected chi connectivity index (χ4v) is 2.19. The maximum Gasteiger partial charge on any atom is 0.368 e. The molecule has 2 aromatic heterocycles. The van der Waals surface area contributed by atoms with Crippen molar-refractivity contribution in [2.75, 3.05) is 11.9 Å². The van der Waals surface area contributed by atoms with Gasteiger partial charge in [0.25, 0.3) is 0 Å². The number of hydrogen-bond donors (Lipinski definition) is 1. The first kappa shape index (κ1) is 11.9. The number of nitro groups is 1. The Morgan fingerprint density at radius 1 is 1.53 bits per heavy atom. The van der Waals surface area contributed by atoms with Crippen molar-refractivity contribution in [3.63, 3.8) is 0 Å². The third-order valence-corrected chi connectivity index (χ3v) is 3.88. The van der Waals surface area contributed by atoms with Gasteiger partial charge in [0.15, 0.2) is 5.82 Å². The number of aromatic nitrogens is 3. The van der Waals surface area contributed by atoms with Crippen LogP contribution in [0.15, 0.2) is 18.3 Å². The monoisotopic (exact) mass is 261 g/mol. The molecule has 1 aliphatic rings. The summed E-state index contributed by atoms with van der Waals surface area (Å²) in [5.41, 5.74) is 0.881. The molecule has 0 bridgehead atoms. The van der Waals surface area contributed by atoms with Crippen LogP contribution in [0.5, 0.6) is 0 Å². The van der Waals surface area contributed by atoms with Gasteiger partial charge < -0.3 is 15.4 Å². The molecule has 1 aliphatic carbocycles. The summed E-state index contributed by atoms with van der Waals surface area (Å²) >= 11 is 0. The Labute approximate surface area is 109 Å². The summed E-state index contributed by atoms with van der Waals surface area (Å²) in [6.07, 6.45) is 4.85. The molecule has 2 heterocycles. The van der Waals surface area contributed by atoms with Crippen molar-refractivity contribution in [1.29, 1.82) is 0 Å². The Kier molecular flexibility index (Phi) is 2.62. The van der Waals surface area contributed by atoms with Crippen LogP contribution >= 0.6 is 0 Å². The van der Waals surface area contributed by atoms with Gasteiger partial charge in [0.1, 0.15) is 6.20 Å². The standard InChI is InChI=1S/C12H15N5O2/c1-2-12(5-6-12)8-14-9-3-4-10-13-7-11(17(18)19)16(10)15-9/h3-4,7H,2,5-6,8H2,1H3,(H,14,15). The van der Waals surface area contributed by atoms with E-state index in [-0.39, 0.29) is 5.82 Å². The van der Waals surface area contributed by atoms with Crippen molar-refractivity contribution in [2.24, 2.45) is 5.41 Å². The van der Waals surface area contributed by atoms with Gasteiger partial charge in [-0.05, 0) is 35.7 Å². The van der Waals surface area contributed by atoms with E-state index in [0.717, 1.165) is 13.0 Å². The van der Waals surface area contributed by atoms with Crippen LogP contribution in [0.4, 0.5) is 11.6 Å². The molecule has 2 aromatic rings. The molecular weight excluding hydrogens is 246 g/mol. The SMILES string of the molecule is CCC1(CNc2ccc3ncc([N+](=O)[O-])n3n2)CC1. The predicted molar refractivity (Wildman–Crippen MR) is 70.1 cm³/mol. The van der Waals surface area contributed by atoms with Crippen molar-refractivity contribution in [2.45, 2.75) is 26.2 Å². The Morgan fingerprint density at radius 2 is 2.32 bits per heavy atom. The van der Waals surface area contributed by atoms with Crippen molar-refractivity contribution in [3.8, 4) is 0 Å². The third-order valence-electron chi connectivity index (χ3n) is 3.88. The summed E-state index contributed by atoms with van der Waals surface area (Å²) in [6.45, 7) is 3.05. The van der Waals surface area contributed by atoms with E-state index in [1.54, 1.807) is 12.1 Å². The number of imidazole rings is 1. The molecule has 0 unspecified atom stereocenters. The topological polar surface area (TPSA) is 85.4 Å². The van der Waals surface area contributed by atoms with E-state index in [4.69, 9.17) is 0 Å². The van der Waals surface area contributed by atoms with Gasteiger partial charge >= 0.3 is 5.82 Å². The first-order valence-electron chi connectivity index (χ1n) is 6.37. The average Bonchev–Trinajstić information content (AvgIpc) is 3.07. The highest BCUT2D eigenvalue weighted by Crippen LogP contribution is 2.48. The Bertz CT molecular complexity index is 632. The van der Waals surface area contributed by atoms with E-state index in [2.05, 4.69) is 22.3 Å². The van der Waals surface area contributed by atoms with Gasteiger partial charge in [0.05, 0.1) is 0 Å². The van der Waals surface area contributed by atoms with Crippen molar-refractivity contribution < 1.29 is 4.92 Å². The second-order valence-electron chi connectivity index (χ2n) is 5.07. The van der Waals surface area contributed by atoms with Crippen LogP contribution in [0.25, 0.3) is 5.65 Å². The minimum absolute atomic E-state index is 0.115. The zero-order valence-electron chi connectivity index (χ0n) is 10.7. The van der Waals surface area contributed by atoms with E-state index in [1.807, 2.05) is 0 Å². The summed E-state index contributed by atoms with van der Waals surface area (Å²) < 4.78 is 1.26. The number of anilines is 1. The van der Waals surface area contributed by atoms with E-state index in [9.17, 15) is 10.1 Å². The van der Waals surface area contributed by atoms with Crippen LogP contribution in [-0.4, -0.2) is 26.1 Å². The molecule has 19 heavy (non-hydrogen) atoms. The lowest BCUT2D eigenvalue weighted by atomic mass is 10.0. The highest BCUT2D eigenvalue weighted by molar-refractivity contribution is 5.48. The second kappa shape index (κ2) is 4.18. The van der Waals surface area contributed by atoms with Crippen molar-refractivity contribution >= 4 is 17.3 Å². The highest BCUT2D eigenvalue weighted by atomic mass is 16.6. The van der Waals surface area contributed by atoms with Crippen LogP contribution in [0.2, 0.25) is 0 Å². The molecule has 0 aliphatic heterocycles. The quantitative estimate of drug-likeness (QED) is 0.659. The van der Waals surface area contributed by atoms with E-state index < -0.39 is 4.92 Å². The Hall–Kier alpha value is -2.18. The van der Waals surface area contributed by atoms with E-state index in [1.165, 1.54) is 23.6 Å². The van der Waals surface area contributed by atoms with Crippen LogP contribution in [0.1, 0.15) is 26.2 Å². The fraction of sp³-hybridized carbons (Fsp3) is 0.500. The van der Waals surface area contributed by atoms with Gasteiger partial charge in [-0.2, -0.15) is 0 Å². The van der Waals surface area contributed by atoms with Crippen molar-refractivity contribution in [1.82, 2.24) is 14.6 Å². The molecule has 3 rings (SSSR count). The van der Waals surface area contributed by atoms with Crippen LogP contribution in [-0.2, 0) is 0 Å². The molecule has 1 N–H and O–H groups in total. The third kappa shape index (κ3) is 2.11. The summed E-state index contributed by atoms with van der Waals surface area (Å²) in [5.74, 6) is 0.531. The normalized spacial score (nSPS) is 16.5. The number of fused-ring (bicyclic) bond motifs is 1. The first-order chi connectivity index (χ1) is 9.13. The number of nitrogens with zero attached hydrogens (tertiary/aromatic N) is 4.